The van der Waals surface area contributed by atoms with Gasteiger partial charge in [0.25, 0.3) is 0 Å². The topological polar surface area (TPSA) is 64.3 Å². The van der Waals surface area contributed by atoms with E-state index >= 15 is 0 Å². The van der Waals surface area contributed by atoms with Crippen molar-refractivity contribution in [3.8, 4) is 11.1 Å². The quantitative estimate of drug-likeness (QED) is 0.817. The van der Waals surface area contributed by atoms with E-state index in [1.807, 2.05) is 32.9 Å². The summed E-state index contributed by atoms with van der Waals surface area (Å²) < 4.78 is 5.72. The Hall–Kier alpha value is -2.17. The first kappa shape index (κ1) is 19.6. The van der Waals surface area contributed by atoms with Gasteiger partial charge >= 0.3 is 0 Å². The van der Waals surface area contributed by atoms with Gasteiger partial charge in [-0.05, 0) is 36.6 Å². The molecule has 144 valence electrons. The van der Waals surface area contributed by atoms with Gasteiger partial charge < -0.3 is 15.8 Å². The number of ether oxygens (including phenoxy) is 1. The van der Waals surface area contributed by atoms with E-state index < -0.39 is 5.54 Å². The number of hydrogen-bond donors (Lipinski definition) is 2. The lowest BCUT2D eigenvalue weighted by Crippen LogP contribution is -2.75. The van der Waals surface area contributed by atoms with Crippen LogP contribution in [0.5, 0.6) is 0 Å². The molecule has 3 rings (SSSR count). The minimum atomic E-state index is -0.888. The van der Waals surface area contributed by atoms with E-state index in [4.69, 9.17) is 10.5 Å². The van der Waals surface area contributed by atoms with E-state index in [-0.39, 0.29) is 17.4 Å². The van der Waals surface area contributed by atoms with Gasteiger partial charge in [0.05, 0.1) is 6.10 Å². The lowest BCUT2D eigenvalue weighted by atomic mass is 9.54. The summed E-state index contributed by atoms with van der Waals surface area (Å²) in [4.78, 5) is 12.8. The number of amides is 1. The van der Waals surface area contributed by atoms with Gasteiger partial charge in [-0.2, -0.15) is 0 Å². The maximum absolute atomic E-state index is 12.8. The molecule has 0 heterocycles. The predicted octanol–water partition coefficient (Wildman–Crippen LogP) is 3.81. The zero-order chi connectivity index (χ0) is 19.7. The smallest absolute Gasteiger partial charge is 0.241 e. The van der Waals surface area contributed by atoms with Crippen LogP contribution < -0.4 is 11.1 Å². The Labute approximate surface area is 162 Å². The molecule has 1 aliphatic rings. The van der Waals surface area contributed by atoms with Crippen molar-refractivity contribution in [2.75, 3.05) is 6.61 Å². The number of nitrogens with two attached hydrogens (primary N) is 1. The fraction of sp³-hybridized carbons (Fsp3) is 0.435. The first-order valence-electron chi connectivity index (χ1n) is 9.62. The molecular weight excluding hydrogens is 336 g/mol. The van der Waals surface area contributed by atoms with Gasteiger partial charge in [0, 0.05) is 25.0 Å². The van der Waals surface area contributed by atoms with Crippen molar-refractivity contribution >= 4 is 5.91 Å². The monoisotopic (exact) mass is 366 g/mol. The molecule has 27 heavy (non-hydrogen) atoms. The highest BCUT2D eigenvalue weighted by molar-refractivity contribution is 5.88. The van der Waals surface area contributed by atoms with E-state index in [0.29, 0.717) is 19.6 Å². The van der Waals surface area contributed by atoms with Crippen LogP contribution >= 0.6 is 0 Å². The van der Waals surface area contributed by atoms with Gasteiger partial charge in [-0.15, -0.1) is 0 Å². The van der Waals surface area contributed by atoms with Crippen LogP contribution in [-0.4, -0.2) is 24.2 Å². The lowest BCUT2D eigenvalue weighted by molar-refractivity contribution is -0.170. The summed E-state index contributed by atoms with van der Waals surface area (Å²) in [6.07, 6.45) is 0.589. The van der Waals surface area contributed by atoms with Crippen LogP contribution in [0.3, 0.4) is 0 Å². The molecule has 1 saturated carbocycles. The molecule has 0 bridgehead atoms. The Kier molecular flexibility index (Phi) is 5.41. The maximum atomic E-state index is 12.8. The number of benzene rings is 2. The Bertz CT molecular complexity index is 831. The van der Waals surface area contributed by atoms with E-state index in [1.54, 1.807) is 0 Å². The molecule has 2 atom stereocenters. The van der Waals surface area contributed by atoms with Crippen LogP contribution in [0, 0.1) is 12.3 Å². The summed E-state index contributed by atoms with van der Waals surface area (Å²) in [5.41, 5.74) is 9.80. The number of rotatable bonds is 6. The fourth-order valence-corrected chi connectivity index (χ4v) is 3.85. The number of hydrogen-bond acceptors (Lipinski definition) is 3. The molecule has 2 aromatic rings. The standard InChI is InChI=1S/C23H30N2O2/c1-5-27-20-14-23(24,22(20,3)4)21(26)25-15-17-9-7-11-19(13-17)18-10-6-8-16(2)12-18/h6-13,20H,5,14-15,24H2,1-4H3,(H,25,26). The summed E-state index contributed by atoms with van der Waals surface area (Å²) in [6.45, 7) is 9.17. The van der Waals surface area contributed by atoms with Crippen molar-refractivity contribution in [1.82, 2.24) is 5.32 Å². The molecule has 3 N–H and O–H groups in total. The van der Waals surface area contributed by atoms with Gasteiger partial charge in [-0.1, -0.05) is 61.9 Å². The van der Waals surface area contributed by atoms with Crippen molar-refractivity contribution < 1.29 is 9.53 Å². The molecule has 2 unspecified atom stereocenters. The third-order valence-electron chi connectivity index (χ3n) is 5.97. The second-order valence-corrected chi connectivity index (χ2v) is 8.09. The Morgan fingerprint density at radius 2 is 1.85 bits per heavy atom. The minimum absolute atomic E-state index is 0.0305. The SMILES string of the molecule is CCOC1CC(N)(C(=O)NCc2cccc(-c3cccc(C)c3)c2)C1(C)C. The van der Waals surface area contributed by atoms with Crippen LogP contribution in [0.4, 0.5) is 0 Å². The normalized spacial score (nSPS) is 23.5. The Balaban J connectivity index is 1.67. The van der Waals surface area contributed by atoms with Crippen molar-refractivity contribution in [3.63, 3.8) is 0 Å². The van der Waals surface area contributed by atoms with Crippen molar-refractivity contribution in [2.45, 2.75) is 52.3 Å². The van der Waals surface area contributed by atoms with Gasteiger partial charge in [-0.3, -0.25) is 4.79 Å². The summed E-state index contributed by atoms with van der Waals surface area (Å²) in [5.74, 6) is -0.107. The van der Waals surface area contributed by atoms with Crippen LogP contribution in [0.25, 0.3) is 11.1 Å². The van der Waals surface area contributed by atoms with Crippen LogP contribution in [0.1, 0.15) is 38.3 Å². The zero-order valence-electron chi connectivity index (χ0n) is 16.7. The van der Waals surface area contributed by atoms with Crippen molar-refractivity contribution in [2.24, 2.45) is 11.1 Å². The van der Waals surface area contributed by atoms with E-state index in [9.17, 15) is 4.79 Å². The molecule has 0 radical (unpaired) electrons. The van der Waals surface area contributed by atoms with Crippen LogP contribution in [0.2, 0.25) is 0 Å². The summed E-state index contributed by atoms with van der Waals surface area (Å²) in [6, 6.07) is 16.7. The second-order valence-electron chi connectivity index (χ2n) is 8.09. The van der Waals surface area contributed by atoms with Gasteiger partial charge in [0.2, 0.25) is 5.91 Å². The molecule has 1 fully saturated rings. The summed E-state index contributed by atoms with van der Waals surface area (Å²) in [5, 5.41) is 3.03. The third kappa shape index (κ3) is 3.64. The first-order valence-corrected chi connectivity index (χ1v) is 9.62. The molecule has 4 nitrogen and oxygen atoms in total. The van der Waals surface area contributed by atoms with Gasteiger partial charge in [0.15, 0.2) is 0 Å². The van der Waals surface area contributed by atoms with E-state index in [0.717, 1.165) is 11.1 Å². The molecule has 1 aliphatic carbocycles. The summed E-state index contributed by atoms with van der Waals surface area (Å²) in [7, 11) is 0. The molecule has 1 amide bonds. The zero-order valence-corrected chi connectivity index (χ0v) is 16.7. The van der Waals surface area contributed by atoms with E-state index in [1.165, 1.54) is 11.1 Å². The second kappa shape index (κ2) is 7.45. The number of nitrogens with one attached hydrogen (secondary N) is 1. The lowest BCUT2D eigenvalue weighted by Gasteiger charge is -2.57. The third-order valence-corrected chi connectivity index (χ3v) is 5.97. The first-order chi connectivity index (χ1) is 12.8. The molecular formula is C23H30N2O2. The van der Waals surface area contributed by atoms with Crippen LogP contribution in [0.15, 0.2) is 48.5 Å². The van der Waals surface area contributed by atoms with Gasteiger partial charge in [0.1, 0.15) is 5.54 Å². The van der Waals surface area contributed by atoms with Crippen molar-refractivity contribution in [3.05, 3.63) is 59.7 Å². The highest BCUT2D eigenvalue weighted by Gasteiger charge is 2.62. The maximum Gasteiger partial charge on any atom is 0.241 e. The van der Waals surface area contributed by atoms with Gasteiger partial charge in [-0.25, -0.2) is 0 Å². The average molecular weight is 367 g/mol. The number of carbonyl (C=O) groups excluding carboxylic acids is 1. The molecule has 4 heteroatoms. The largest absolute Gasteiger partial charge is 0.378 e. The molecule has 0 spiro atoms. The van der Waals surface area contributed by atoms with Crippen molar-refractivity contribution in [1.29, 1.82) is 0 Å². The Morgan fingerprint density at radius 3 is 2.48 bits per heavy atom. The summed E-state index contributed by atoms with van der Waals surface area (Å²) >= 11 is 0. The fourth-order valence-electron chi connectivity index (χ4n) is 3.85. The molecule has 0 aliphatic heterocycles. The van der Waals surface area contributed by atoms with E-state index in [2.05, 4.69) is 48.6 Å². The Morgan fingerprint density at radius 1 is 1.19 bits per heavy atom. The highest BCUT2D eigenvalue weighted by Crippen LogP contribution is 2.49. The van der Waals surface area contributed by atoms with Crippen LogP contribution in [-0.2, 0) is 16.1 Å². The number of carbonyl (C=O) groups is 1. The molecule has 2 aromatic carbocycles. The molecule has 0 saturated heterocycles. The number of aryl methyl sites for hydroxylation is 1. The minimum Gasteiger partial charge on any atom is -0.378 e. The highest BCUT2D eigenvalue weighted by atomic mass is 16.5. The average Bonchev–Trinajstić information content (AvgIpc) is 2.66. The molecule has 0 aromatic heterocycles. The predicted molar refractivity (Wildman–Crippen MR) is 109 cm³/mol.